The molecule has 9 heteroatoms. The van der Waals surface area contributed by atoms with Crippen LogP contribution in [0.25, 0.3) is 0 Å². The second-order valence-corrected chi connectivity index (χ2v) is 12.0. The van der Waals surface area contributed by atoms with Crippen LogP contribution >= 0.6 is 0 Å². The molecule has 3 rings (SSSR count). The third-order valence-corrected chi connectivity index (χ3v) is 7.31. The van der Waals surface area contributed by atoms with Crippen LogP contribution < -0.4 is 9.62 Å². The number of hydrogen-bond acceptors (Lipinski definition) is 4. The first-order valence-corrected chi connectivity index (χ1v) is 14.6. The van der Waals surface area contributed by atoms with Crippen molar-refractivity contribution in [2.24, 2.45) is 0 Å². The first-order valence-electron chi connectivity index (χ1n) is 12.8. The van der Waals surface area contributed by atoms with Crippen molar-refractivity contribution in [1.82, 2.24) is 10.2 Å². The van der Waals surface area contributed by atoms with Crippen molar-refractivity contribution >= 4 is 27.5 Å². The molecule has 1 unspecified atom stereocenters. The van der Waals surface area contributed by atoms with Crippen LogP contribution in [0.2, 0.25) is 0 Å². The Kier molecular flexibility index (Phi) is 9.86. The van der Waals surface area contributed by atoms with Crippen LogP contribution in [0.1, 0.15) is 36.1 Å². The lowest BCUT2D eigenvalue weighted by Crippen LogP contribution is -2.54. The fourth-order valence-corrected chi connectivity index (χ4v) is 5.29. The summed E-state index contributed by atoms with van der Waals surface area (Å²) >= 11 is 0. The van der Waals surface area contributed by atoms with Crippen LogP contribution in [0.15, 0.2) is 72.8 Å². The summed E-state index contributed by atoms with van der Waals surface area (Å²) in [5.74, 6) is -1.55. The van der Waals surface area contributed by atoms with Gasteiger partial charge in [-0.3, -0.25) is 13.9 Å². The molecule has 0 fully saturated rings. The van der Waals surface area contributed by atoms with Gasteiger partial charge in [-0.1, -0.05) is 54.6 Å². The number of aryl methyl sites for hydroxylation is 2. The maximum absolute atomic E-state index is 14.8. The number of benzene rings is 3. The number of rotatable bonds is 11. The zero-order valence-corrected chi connectivity index (χ0v) is 23.8. The molecule has 0 aliphatic rings. The smallest absolute Gasteiger partial charge is 0.244 e. The largest absolute Gasteiger partial charge is 0.352 e. The summed E-state index contributed by atoms with van der Waals surface area (Å²) in [5.41, 5.74) is 3.06. The molecule has 0 heterocycles. The summed E-state index contributed by atoms with van der Waals surface area (Å²) in [6, 6.07) is 19.3. The maximum Gasteiger partial charge on any atom is 0.244 e. The van der Waals surface area contributed by atoms with Gasteiger partial charge in [0.05, 0.1) is 11.9 Å². The van der Waals surface area contributed by atoms with E-state index in [1.165, 1.54) is 11.0 Å². The van der Waals surface area contributed by atoms with E-state index in [1.54, 1.807) is 30.3 Å². The Morgan fingerprint density at radius 3 is 2.08 bits per heavy atom. The minimum atomic E-state index is -3.87. The highest BCUT2D eigenvalue weighted by Gasteiger charge is 2.33. The van der Waals surface area contributed by atoms with Crippen LogP contribution in [0, 0.1) is 19.7 Å². The standard InChI is InChI=1S/C30H36FN3O4S/c1-21(2)32-30(36)28(18-24-11-7-6-8-12-24)33(19-25-13-9-10-14-27(25)31)29(35)20-34(39(5,37)38)26-16-22(3)15-23(4)17-26/h6-17,21,28H,18-20H2,1-5H3,(H,32,36). The van der Waals surface area contributed by atoms with E-state index >= 15 is 0 Å². The lowest BCUT2D eigenvalue weighted by atomic mass is 10.0. The lowest BCUT2D eigenvalue weighted by Gasteiger charge is -2.34. The first kappa shape index (κ1) is 29.8. The number of anilines is 1. The number of halogens is 1. The van der Waals surface area contributed by atoms with Crippen molar-refractivity contribution in [3.8, 4) is 0 Å². The molecule has 3 aromatic carbocycles. The van der Waals surface area contributed by atoms with Gasteiger partial charge in [-0.15, -0.1) is 0 Å². The topological polar surface area (TPSA) is 86.8 Å². The van der Waals surface area contributed by atoms with E-state index in [1.807, 2.05) is 64.1 Å². The molecule has 1 N–H and O–H groups in total. The number of carbonyl (C=O) groups is 2. The molecule has 0 aliphatic heterocycles. The summed E-state index contributed by atoms with van der Waals surface area (Å²) in [6.07, 6.45) is 1.20. The van der Waals surface area contributed by atoms with Crippen LogP contribution in [0.3, 0.4) is 0 Å². The number of hydrogen-bond donors (Lipinski definition) is 1. The van der Waals surface area contributed by atoms with Crippen molar-refractivity contribution < 1.29 is 22.4 Å². The van der Waals surface area contributed by atoms with E-state index in [9.17, 15) is 22.4 Å². The van der Waals surface area contributed by atoms with Gasteiger partial charge in [-0.25, -0.2) is 12.8 Å². The Labute approximate surface area is 230 Å². The summed E-state index contributed by atoms with van der Waals surface area (Å²) in [4.78, 5) is 28.8. The van der Waals surface area contributed by atoms with Gasteiger partial charge in [-0.2, -0.15) is 0 Å². The molecule has 1 atom stereocenters. The molecule has 0 aliphatic carbocycles. The SMILES string of the molecule is Cc1cc(C)cc(N(CC(=O)N(Cc2ccccc2F)C(Cc2ccccc2)C(=O)NC(C)C)S(C)(=O)=O)c1. The van der Waals surface area contributed by atoms with Crippen LogP contribution in [0.5, 0.6) is 0 Å². The zero-order chi connectivity index (χ0) is 28.7. The molecule has 39 heavy (non-hydrogen) atoms. The monoisotopic (exact) mass is 553 g/mol. The molecule has 3 aromatic rings. The lowest BCUT2D eigenvalue weighted by molar-refractivity contribution is -0.140. The number of nitrogens with one attached hydrogen (secondary N) is 1. The number of amides is 2. The summed E-state index contributed by atoms with van der Waals surface area (Å²) in [6.45, 7) is 6.55. The third kappa shape index (κ3) is 8.38. The zero-order valence-electron chi connectivity index (χ0n) is 23.0. The van der Waals surface area contributed by atoms with Gasteiger partial charge >= 0.3 is 0 Å². The molecular weight excluding hydrogens is 517 g/mol. The minimum absolute atomic E-state index is 0.169. The van der Waals surface area contributed by atoms with E-state index in [0.29, 0.717) is 5.69 Å². The van der Waals surface area contributed by atoms with Gasteiger partial charge in [-0.05, 0) is 62.6 Å². The van der Waals surface area contributed by atoms with Crippen LogP contribution in [-0.4, -0.2) is 50.0 Å². The van der Waals surface area contributed by atoms with Crippen molar-refractivity contribution in [2.75, 3.05) is 17.1 Å². The summed E-state index contributed by atoms with van der Waals surface area (Å²) in [7, 11) is -3.87. The molecular formula is C30H36FN3O4S. The quantitative estimate of drug-likeness (QED) is 0.382. The van der Waals surface area contributed by atoms with E-state index in [-0.39, 0.29) is 24.6 Å². The summed E-state index contributed by atoms with van der Waals surface area (Å²) in [5, 5.41) is 2.87. The van der Waals surface area contributed by atoms with Gasteiger partial charge in [0.1, 0.15) is 18.4 Å². The van der Waals surface area contributed by atoms with Crippen molar-refractivity contribution in [2.45, 2.75) is 52.7 Å². The normalized spacial score (nSPS) is 12.2. The molecule has 7 nitrogen and oxygen atoms in total. The highest BCUT2D eigenvalue weighted by Crippen LogP contribution is 2.23. The predicted octanol–water partition coefficient (Wildman–Crippen LogP) is 4.37. The minimum Gasteiger partial charge on any atom is -0.352 e. The van der Waals surface area contributed by atoms with Gasteiger partial charge in [0, 0.05) is 24.6 Å². The van der Waals surface area contributed by atoms with Gasteiger partial charge in [0.2, 0.25) is 21.8 Å². The fraction of sp³-hybridized carbons (Fsp3) is 0.333. The highest BCUT2D eigenvalue weighted by atomic mass is 32.2. The van der Waals surface area contributed by atoms with Gasteiger partial charge in [0.15, 0.2) is 0 Å². The molecule has 0 spiro atoms. The number of nitrogens with zero attached hydrogens (tertiary/aromatic N) is 2. The Morgan fingerprint density at radius 1 is 0.923 bits per heavy atom. The molecule has 2 amide bonds. The van der Waals surface area contributed by atoms with E-state index in [0.717, 1.165) is 27.3 Å². The molecule has 0 bridgehead atoms. The van der Waals surface area contributed by atoms with Gasteiger partial charge < -0.3 is 10.2 Å². The van der Waals surface area contributed by atoms with E-state index in [2.05, 4.69) is 5.32 Å². The molecule has 0 radical (unpaired) electrons. The Hall–Kier alpha value is -3.72. The average Bonchev–Trinajstić information content (AvgIpc) is 2.84. The second kappa shape index (κ2) is 12.9. The Bertz CT molecular complexity index is 1390. The van der Waals surface area contributed by atoms with Crippen molar-refractivity contribution in [1.29, 1.82) is 0 Å². The Morgan fingerprint density at radius 2 is 1.51 bits per heavy atom. The van der Waals surface area contributed by atoms with Crippen molar-refractivity contribution in [3.63, 3.8) is 0 Å². The van der Waals surface area contributed by atoms with E-state index in [4.69, 9.17) is 0 Å². The predicted molar refractivity (Wildman–Crippen MR) is 152 cm³/mol. The maximum atomic E-state index is 14.8. The Balaban J connectivity index is 2.08. The highest BCUT2D eigenvalue weighted by molar-refractivity contribution is 7.92. The molecule has 208 valence electrons. The molecule has 0 aromatic heterocycles. The average molecular weight is 554 g/mol. The van der Waals surface area contributed by atoms with Gasteiger partial charge in [0.25, 0.3) is 0 Å². The van der Waals surface area contributed by atoms with Crippen molar-refractivity contribution in [3.05, 3.63) is 101 Å². The number of carbonyl (C=O) groups excluding carboxylic acids is 2. The second-order valence-electron chi connectivity index (χ2n) is 10.1. The van der Waals surface area contributed by atoms with E-state index < -0.39 is 40.2 Å². The third-order valence-electron chi connectivity index (χ3n) is 6.17. The fourth-order valence-electron chi connectivity index (χ4n) is 4.45. The summed E-state index contributed by atoms with van der Waals surface area (Å²) < 4.78 is 41.6. The van der Waals surface area contributed by atoms with Crippen LogP contribution in [0.4, 0.5) is 10.1 Å². The molecule has 0 saturated heterocycles. The first-order chi connectivity index (χ1) is 18.3. The van der Waals surface area contributed by atoms with Crippen LogP contribution in [-0.2, 0) is 32.6 Å². The number of sulfonamides is 1. The molecule has 0 saturated carbocycles.